The first-order valence-electron chi connectivity index (χ1n) is 12.3. The highest BCUT2D eigenvalue weighted by Gasteiger charge is 2.29. The zero-order valence-corrected chi connectivity index (χ0v) is 20.3. The third-order valence-electron chi connectivity index (χ3n) is 6.14. The van der Waals surface area contributed by atoms with Crippen molar-refractivity contribution in [2.45, 2.75) is 52.0 Å². The molecule has 1 heterocycles. The second-order valence-electron chi connectivity index (χ2n) is 8.80. The number of aromatic nitrogens is 2. The molecule has 0 bridgehead atoms. The van der Waals surface area contributed by atoms with E-state index in [-0.39, 0.29) is 11.8 Å². The lowest BCUT2D eigenvalue weighted by atomic mass is 10.2. The highest BCUT2D eigenvalue weighted by Crippen LogP contribution is 2.29. The molecular weight excluding hydrogens is 426 g/mol. The second kappa shape index (κ2) is 11.7. The summed E-state index contributed by atoms with van der Waals surface area (Å²) in [6, 6.07) is 14.3. The van der Waals surface area contributed by atoms with Crippen molar-refractivity contribution >= 4 is 23.0 Å². The smallest absolute Gasteiger partial charge is 0.223 e. The van der Waals surface area contributed by atoms with Gasteiger partial charge in [0.1, 0.15) is 5.82 Å². The fourth-order valence-electron chi connectivity index (χ4n) is 4.17. The van der Waals surface area contributed by atoms with Crippen LogP contribution in [0.15, 0.2) is 48.5 Å². The van der Waals surface area contributed by atoms with Gasteiger partial charge in [-0.25, -0.2) is 4.98 Å². The van der Waals surface area contributed by atoms with Crippen molar-refractivity contribution in [3.05, 3.63) is 59.9 Å². The Morgan fingerprint density at radius 1 is 1.15 bits per heavy atom. The summed E-state index contributed by atoms with van der Waals surface area (Å²) in [4.78, 5) is 16.7. The number of hydrogen-bond donors (Lipinski definition) is 1. The van der Waals surface area contributed by atoms with Crippen LogP contribution < -0.4 is 14.8 Å². The van der Waals surface area contributed by atoms with Crippen molar-refractivity contribution in [3.63, 3.8) is 0 Å². The molecule has 2 aromatic carbocycles. The number of aryl methyl sites for hydroxylation is 2. The van der Waals surface area contributed by atoms with E-state index in [2.05, 4.69) is 28.1 Å². The average Bonchev–Trinajstić information content (AvgIpc) is 3.65. The molecule has 1 N–H and O–H groups in total. The number of carbonyl (C=O) groups is 1. The number of unbranched alkanes of at least 4 members (excludes halogenated alkanes) is 1. The summed E-state index contributed by atoms with van der Waals surface area (Å²) >= 11 is 0. The average molecular weight is 462 g/mol. The lowest BCUT2D eigenvalue weighted by Crippen LogP contribution is -2.26. The number of benzene rings is 2. The van der Waals surface area contributed by atoms with E-state index in [0.29, 0.717) is 13.2 Å². The highest BCUT2D eigenvalue weighted by atomic mass is 16.5. The van der Waals surface area contributed by atoms with Gasteiger partial charge in [-0.1, -0.05) is 30.4 Å². The van der Waals surface area contributed by atoms with Crippen molar-refractivity contribution in [3.8, 4) is 11.5 Å². The second-order valence-corrected chi connectivity index (χ2v) is 8.80. The highest BCUT2D eigenvalue weighted by molar-refractivity contribution is 5.80. The van der Waals surface area contributed by atoms with Gasteiger partial charge in [0.25, 0.3) is 0 Å². The number of rotatable bonds is 13. The minimum absolute atomic E-state index is 0.210. The Morgan fingerprint density at radius 2 is 2.00 bits per heavy atom. The third kappa shape index (κ3) is 6.19. The molecule has 6 heteroatoms. The molecule has 0 spiro atoms. The molecule has 1 saturated carbocycles. The van der Waals surface area contributed by atoms with Gasteiger partial charge >= 0.3 is 0 Å². The Labute approximate surface area is 202 Å². The monoisotopic (exact) mass is 461 g/mol. The van der Waals surface area contributed by atoms with Crippen LogP contribution in [0, 0.1) is 5.92 Å². The van der Waals surface area contributed by atoms with E-state index in [1.54, 1.807) is 7.11 Å². The van der Waals surface area contributed by atoms with Crippen LogP contribution in [0.25, 0.3) is 17.1 Å². The molecule has 4 rings (SSSR count). The minimum Gasteiger partial charge on any atom is -0.493 e. The van der Waals surface area contributed by atoms with Crippen LogP contribution in [-0.4, -0.2) is 35.7 Å². The zero-order valence-electron chi connectivity index (χ0n) is 20.3. The van der Waals surface area contributed by atoms with Gasteiger partial charge in [-0.2, -0.15) is 0 Å². The Bertz CT molecular complexity index is 1130. The summed E-state index contributed by atoms with van der Waals surface area (Å²) in [5.41, 5.74) is 3.29. The molecule has 1 aromatic heterocycles. The van der Waals surface area contributed by atoms with Crippen LogP contribution in [-0.2, 0) is 17.8 Å². The van der Waals surface area contributed by atoms with Gasteiger partial charge in [0, 0.05) is 25.4 Å². The van der Waals surface area contributed by atoms with Crippen molar-refractivity contribution < 1.29 is 14.3 Å². The Balaban J connectivity index is 1.29. The molecular formula is C28H35N3O3. The van der Waals surface area contributed by atoms with Crippen LogP contribution in [0.3, 0.4) is 0 Å². The lowest BCUT2D eigenvalue weighted by Gasteiger charge is -2.12. The summed E-state index contributed by atoms with van der Waals surface area (Å²) in [6.07, 6.45) is 9.81. The fraction of sp³-hybridized carbons (Fsp3) is 0.429. The van der Waals surface area contributed by atoms with Crippen LogP contribution in [0.4, 0.5) is 0 Å². The van der Waals surface area contributed by atoms with Gasteiger partial charge in [0.2, 0.25) is 5.91 Å². The summed E-state index contributed by atoms with van der Waals surface area (Å²) in [7, 11) is 1.67. The molecule has 1 amide bonds. The number of methoxy groups -OCH3 is 1. The maximum absolute atomic E-state index is 11.9. The number of carbonyl (C=O) groups excluding carboxylic acids is 1. The molecule has 0 saturated heterocycles. The first kappa shape index (κ1) is 23.9. The molecule has 0 unspecified atom stereocenters. The van der Waals surface area contributed by atoms with Crippen molar-refractivity contribution in [2.75, 3.05) is 20.3 Å². The summed E-state index contributed by atoms with van der Waals surface area (Å²) in [5.74, 6) is 3.09. The Kier molecular flexibility index (Phi) is 8.23. The normalized spacial score (nSPS) is 13.5. The van der Waals surface area contributed by atoms with Crippen LogP contribution in [0.5, 0.6) is 11.5 Å². The number of nitrogens with one attached hydrogen (secondary N) is 1. The SMILES string of the molecule is C/C=C/c1ccc(OCCCCn2c(CCCNC(=O)C3CC3)nc3ccccc32)c(OC)c1. The van der Waals surface area contributed by atoms with Crippen molar-refractivity contribution in [1.82, 2.24) is 14.9 Å². The number of para-hydroxylation sites is 2. The van der Waals surface area contributed by atoms with E-state index in [0.717, 1.165) is 73.5 Å². The number of fused-ring (bicyclic) bond motifs is 1. The van der Waals surface area contributed by atoms with E-state index >= 15 is 0 Å². The van der Waals surface area contributed by atoms with Gasteiger partial charge in [0.15, 0.2) is 11.5 Å². The predicted octanol–water partition coefficient (Wildman–Crippen LogP) is 5.40. The van der Waals surface area contributed by atoms with Crippen molar-refractivity contribution in [2.24, 2.45) is 5.92 Å². The number of imidazole rings is 1. The van der Waals surface area contributed by atoms with E-state index in [1.807, 2.05) is 43.3 Å². The van der Waals surface area contributed by atoms with Crippen LogP contribution >= 0.6 is 0 Å². The van der Waals surface area contributed by atoms with Gasteiger partial charge < -0.3 is 19.4 Å². The van der Waals surface area contributed by atoms with Gasteiger partial charge in [0.05, 0.1) is 24.8 Å². The summed E-state index contributed by atoms with van der Waals surface area (Å²) in [5, 5.41) is 3.06. The predicted molar refractivity (Wildman–Crippen MR) is 136 cm³/mol. The molecule has 3 aromatic rings. The zero-order chi connectivity index (χ0) is 23.8. The molecule has 34 heavy (non-hydrogen) atoms. The molecule has 1 fully saturated rings. The first-order chi connectivity index (χ1) is 16.7. The van der Waals surface area contributed by atoms with E-state index < -0.39 is 0 Å². The van der Waals surface area contributed by atoms with Gasteiger partial charge in [-0.3, -0.25) is 4.79 Å². The standard InChI is InChI=1S/C28H35N3O3/c1-3-9-21-13-16-25(26(20-21)33-2)34-19-7-6-18-31-24-11-5-4-10-23(24)30-27(31)12-8-17-29-28(32)22-14-15-22/h3-5,9-11,13,16,20,22H,6-8,12,14-15,17-19H2,1-2H3,(H,29,32)/b9-3+. The molecule has 180 valence electrons. The molecule has 0 aliphatic heterocycles. The molecule has 0 radical (unpaired) electrons. The number of nitrogens with zero attached hydrogens (tertiary/aromatic N) is 2. The van der Waals surface area contributed by atoms with Crippen LogP contribution in [0.1, 0.15) is 50.4 Å². The number of allylic oxidation sites excluding steroid dienone is 1. The van der Waals surface area contributed by atoms with Crippen molar-refractivity contribution in [1.29, 1.82) is 0 Å². The molecule has 1 aliphatic rings. The largest absolute Gasteiger partial charge is 0.493 e. The number of amides is 1. The number of hydrogen-bond acceptors (Lipinski definition) is 4. The van der Waals surface area contributed by atoms with Crippen LogP contribution in [0.2, 0.25) is 0 Å². The minimum atomic E-state index is 0.210. The molecule has 0 atom stereocenters. The topological polar surface area (TPSA) is 65.4 Å². The van der Waals surface area contributed by atoms with Gasteiger partial charge in [-0.15, -0.1) is 0 Å². The number of ether oxygens (including phenoxy) is 2. The van der Waals surface area contributed by atoms with Gasteiger partial charge in [-0.05, 0) is 68.9 Å². The quantitative estimate of drug-likeness (QED) is 0.346. The maximum atomic E-state index is 11.9. The maximum Gasteiger partial charge on any atom is 0.223 e. The first-order valence-corrected chi connectivity index (χ1v) is 12.3. The molecule has 6 nitrogen and oxygen atoms in total. The Hall–Kier alpha value is -3.28. The summed E-state index contributed by atoms with van der Waals surface area (Å²) < 4.78 is 13.8. The van der Waals surface area contributed by atoms with E-state index in [9.17, 15) is 4.79 Å². The fourth-order valence-corrected chi connectivity index (χ4v) is 4.17. The van der Waals surface area contributed by atoms with E-state index in [4.69, 9.17) is 14.5 Å². The molecule has 1 aliphatic carbocycles. The summed E-state index contributed by atoms with van der Waals surface area (Å²) in [6.45, 7) is 4.24. The Morgan fingerprint density at radius 3 is 2.79 bits per heavy atom. The third-order valence-corrected chi connectivity index (χ3v) is 6.14. The van der Waals surface area contributed by atoms with E-state index in [1.165, 1.54) is 5.52 Å². The lowest BCUT2D eigenvalue weighted by molar-refractivity contribution is -0.122.